The molecule has 1 unspecified atom stereocenters. The number of nitrogens with one attached hydrogen (secondary N) is 1. The van der Waals surface area contributed by atoms with Gasteiger partial charge in [-0.2, -0.15) is 0 Å². The average Bonchev–Trinajstić information content (AvgIpc) is 2.79. The molecule has 86 valence electrons. The summed E-state index contributed by atoms with van der Waals surface area (Å²) in [6, 6.07) is 4.06. The summed E-state index contributed by atoms with van der Waals surface area (Å²) in [7, 11) is 0. The summed E-state index contributed by atoms with van der Waals surface area (Å²) in [4.78, 5) is 12.3. The van der Waals surface area contributed by atoms with Crippen molar-refractivity contribution in [1.29, 1.82) is 0 Å². The van der Waals surface area contributed by atoms with Crippen LogP contribution in [0.2, 0.25) is 0 Å². The summed E-state index contributed by atoms with van der Waals surface area (Å²) in [6.07, 6.45) is 2.09. The summed E-state index contributed by atoms with van der Waals surface area (Å²) in [6.45, 7) is 7.19. The number of Topliss-reactive ketones (excluding diaryl/α,β-unsaturated/α-hetero) is 1. The van der Waals surface area contributed by atoms with Gasteiger partial charge in [-0.3, -0.25) is 4.79 Å². The highest BCUT2D eigenvalue weighted by molar-refractivity contribution is 6.01. The number of rotatable bonds is 2. The number of benzene rings is 1. The molecule has 0 aliphatic carbocycles. The van der Waals surface area contributed by atoms with Crippen molar-refractivity contribution in [1.82, 2.24) is 5.32 Å². The van der Waals surface area contributed by atoms with Gasteiger partial charge in [-0.1, -0.05) is 12.1 Å². The Morgan fingerprint density at radius 1 is 1.25 bits per heavy atom. The van der Waals surface area contributed by atoms with Crippen LogP contribution in [0.1, 0.15) is 39.9 Å². The molecule has 0 bridgehead atoms. The molecule has 1 aromatic rings. The first kappa shape index (κ1) is 11.3. The number of aryl methyl sites for hydroxylation is 1. The molecular formula is C14H19NO. The van der Waals surface area contributed by atoms with E-state index in [0.717, 1.165) is 30.5 Å². The summed E-state index contributed by atoms with van der Waals surface area (Å²) in [5, 5.41) is 3.27. The van der Waals surface area contributed by atoms with Gasteiger partial charge in [0, 0.05) is 5.56 Å². The molecule has 1 aromatic carbocycles. The molecule has 2 heteroatoms. The molecule has 1 aliphatic rings. The van der Waals surface area contributed by atoms with Crippen molar-refractivity contribution in [3.05, 3.63) is 34.4 Å². The highest BCUT2D eigenvalue weighted by atomic mass is 16.1. The van der Waals surface area contributed by atoms with E-state index in [1.54, 1.807) is 0 Å². The van der Waals surface area contributed by atoms with Gasteiger partial charge in [-0.15, -0.1) is 0 Å². The van der Waals surface area contributed by atoms with Crippen molar-refractivity contribution in [2.24, 2.45) is 0 Å². The van der Waals surface area contributed by atoms with E-state index in [1.165, 1.54) is 11.1 Å². The van der Waals surface area contributed by atoms with E-state index in [0.29, 0.717) is 0 Å². The lowest BCUT2D eigenvalue weighted by molar-refractivity contribution is 0.0951. The fraction of sp³-hybridized carbons (Fsp3) is 0.500. The Morgan fingerprint density at radius 3 is 2.62 bits per heavy atom. The van der Waals surface area contributed by atoms with E-state index in [-0.39, 0.29) is 11.8 Å². The van der Waals surface area contributed by atoms with Crippen LogP contribution in [0.15, 0.2) is 12.1 Å². The molecule has 0 amide bonds. The molecule has 0 radical (unpaired) electrons. The van der Waals surface area contributed by atoms with Crippen LogP contribution in [-0.2, 0) is 0 Å². The molecule has 0 spiro atoms. The van der Waals surface area contributed by atoms with E-state index in [4.69, 9.17) is 0 Å². The van der Waals surface area contributed by atoms with Crippen LogP contribution in [0.25, 0.3) is 0 Å². The molecule has 1 fully saturated rings. The minimum atomic E-state index is 0.0424. The summed E-state index contributed by atoms with van der Waals surface area (Å²) < 4.78 is 0. The van der Waals surface area contributed by atoms with Crippen molar-refractivity contribution in [2.75, 3.05) is 6.54 Å². The first-order chi connectivity index (χ1) is 7.61. The Balaban J connectivity index is 2.33. The lowest BCUT2D eigenvalue weighted by atomic mass is 9.93. The van der Waals surface area contributed by atoms with Gasteiger partial charge >= 0.3 is 0 Å². The Kier molecular flexibility index (Phi) is 3.10. The second-order valence-corrected chi connectivity index (χ2v) is 4.69. The standard InChI is InChI=1S/C14H19NO/c1-9-6-7-12(11(3)10(9)2)14(16)13-5-4-8-15-13/h6-7,13,15H,4-5,8H2,1-3H3. The SMILES string of the molecule is Cc1ccc(C(=O)C2CCCN2)c(C)c1C. The van der Waals surface area contributed by atoms with Crippen molar-refractivity contribution in [3.63, 3.8) is 0 Å². The predicted octanol–water partition coefficient (Wildman–Crippen LogP) is 2.55. The number of hydrogen-bond donors (Lipinski definition) is 1. The second kappa shape index (κ2) is 4.38. The topological polar surface area (TPSA) is 29.1 Å². The molecular weight excluding hydrogens is 198 g/mol. The fourth-order valence-electron chi connectivity index (χ4n) is 2.32. The third kappa shape index (κ3) is 1.90. The molecule has 16 heavy (non-hydrogen) atoms. The normalized spacial score (nSPS) is 20.1. The highest BCUT2D eigenvalue weighted by Crippen LogP contribution is 2.20. The maximum atomic E-state index is 12.3. The quantitative estimate of drug-likeness (QED) is 0.771. The van der Waals surface area contributed by atoms with Crippen LogP contribution in [0.4, 0.5) is 0 Å². The minimum absolute atomic E-state index is 0.0424. The Hall–Kier alpha value is -1.15. The van der Waals surface area contributed by atoms with E-state index >= 15 is 0 Å². The van der Waals surface area contributed by atoms with Crippen molar-refractivity contribution >= 4 is 5.78 Å². The van der Waals surface area contributed by atoms with Crippen LogP contribution >= 0.6 is 0 Å². The molecule has 1 atom stereocenters. The van der Waals surface area contributed by atoms with Gasteiger partial charge < -0.3 is 5.32 Å². The maximum Gasteiger partial charge on any atom is 0.180 e. The van der Waals surface area contributed by atoms with Gasteiger partial charge in [0.05, 0.1) is 6.04 Å². The Morgan fingerprint density at radius 2 is 2.00 bits per heavy atom. The van der Waals surface area contributed by atoms with Crippen LogP contribution < -0.4 is 5.32 Å². The number of ketones is 1. The van der Waals surface area contributed by atoms with Gasteiger partial charge in [0.1, 0.15) is 0 Å². The van der Waals surface area contributed by atoms with Crippen LogP contribution in [0, 0.1) is 20.8 Å². The van der Waals surface area contributed by atoms with E-state index in [2.05, 4.69) is 19.2 Å². The minimum Gasteiger partial charge on any atom is -0.307 e. The summed E-state index contributed by atoms with van der Waals surface area (Å²) in [5.41, 5.74) is 4.53. The molecule has 0 saturated carbocycles. The molecule has 2 rings (SSSR count). The van der Waals surface area contributed by atoms with Gasteiger partial charge in [0.15, 0.2) is 5.78 Å². The average molecular weight is 217 g/mol. The summed E-state index contributed by atoms with van der Waals surface area (Å²) >= 11 is 0. The third-order valence-corrected chi connectivity index (χ3v) is 3.70. The van der Waals surface area contributed by atoms with Crippen molar-refractivity contribution < 1.29 is 4.79 Å². The molecule has 1 saturated heterocycles. The zero-order valence-corrected chi connectivity index (χ0v) is 10.3. The Bertz CT molecular complexity index is 417. The third-order valence-electron chi connectivity index (χ3n) is 3.70. The largest absolute Gasteiger partial charge is 0.307 e. The van der Waals surface area contributed by atoms with Crippen LogP contribution in [0.3, 0.4) is 0 Å². The van der Waals surface area contributed by atoms with E-state index in [9.17, 15) is 4.79 Å². The van der Waals surface area contributed by atoms with E-state index in [1.807, 2.05) is 19.1 Å². The zero-order valence-electron chi connectivity index (χ0n) is 10.3. The van der Waals surface area contributed by atoms with Gasteiger partial charge in [-0.05, 0) is 56.8 Å². The van der Waals surface area contributed by atoms with Gasteiger partial charge in [0.25, 0.3) is 0 Å². The van der Waals surface area contributed by atoms with Crippen LogP contribution in [0.5, 0.6) is 0 Å². The van der Waals surface area contributed by atoms with Crippen LogP contribution in [-0.4, -0.2) is 18.4 Å². The van der Waals surface area contributed by atoms with Crippen molar-refractivity contribution in [2.45, 2.75) is 39.7 Å². The molecule has 1 heterocycles. The predicted molar refractivity (Wildman–Crippen MR) is 66.0 cm³/mol. The zero-order chi connectivity index (χ0) is 11.7. The lowest BCUT2D eigenvalue weighted by Crippen LogP contribution is -2.31. The number of carbonyl (C=O) groups is 1. The van der Waals surface area contributed by atoms with Gasteiger partial charge in [-0.25, -0.2) is 0 Å². The molecule has 0 aromatic heterocycles. The first-order valence-electron chi connectivity index (χ1n) is 5.95. The fourth-order valence-corrected chi connectivity index (χ4v) is 2.32. The molecule has 1 N–H and O–H groups in total. The highest BCUT2D eigenvalue weighted by Gasteiger charge is 2.24. The second-order valence-electron chi connectivity index (χ2n) is 4.69. The van der Waals surface area contributed by atoms with Crippen molar-refractivity contribution in [3.8, 4) is 0 Å². The lowest BCUT2D eigenvalue weighted by Gasteiger charge is -2.14. The summed E-state index contributed by atoms with van der Waals surface area (Å²) in [5.74, 6) is 0.262. The molecule has 2 nitrogen and oxygen atoms in total. The molecule has 1 aliphatic heterocycles. The monoisotopic (exact) mass is 217 g/mol. The maximum absolute atomic E-state index is 12.3. The Labute approximate surface area is 97.1 Å². The smallest absolute Gasteiger partial charge is 0.180 e. The first-order valence-corrected chi connectivity index (χ1v) is 5.95. The number of hydrogen-bond acceptors (Lipinski definition) is 2. The van der Waals surface area contributed by atoms with Gasteiger partial charge in [0.2, 0.25) is 0 Å². The number of carbonyl (C=O) groups excluding carboxylic acids is 1. The van der Waals surface area contributed by atoms with E-state index < -0.39 is 0 Å².